The van der Waals surface area contributed by atoms with Gasteiger partial charge in [0.2, 0.25) is 0 Å². The fourth-order valence-corrected chi connectivity index (χ4v) is 3.39. The Hall–Kier alpha value is -0.390. The molecule has 1 aromatic heterocycles. The first-order chi connectivity index (χ1) is 8.31. The summed E-state index contributed by atoms with van der Waals surface area (Å²) >= 11 is 4.19. The topological polar surface area (TPSA) is 12.0 Å². The number of likely N-dealkylation sites (N-methyl/N-ethyl adjacent to an activating group) is 1. The monoisotopic (exact) mass is 357 g/mol. The lowest BCUT2D eigenvalue weighted by atomic mass is 10.0. The van der Waals surface area contributed by atoms with Crippen LogP contribution in [0, 0.1) is 3.57 Å². The van der Waals surface area contributed by atoms with Gasteiger partial charge in [0.05, 0.1) is 0 Å². The second kappa shape index (κ2) is 6.52. The van der Waals surface area contributed by atoms with Crippen molar-refractivity contribution in [3.05, 3.63) is 55.8 Å². The molecule has 1 atom stereocenters. The lowest BCUT2D eigenvalue weighted by molar-refractivity contribution is 0.548. The molecule has 1 nitrogen and oxygen atoms in total. The summed E-state index contributed by atoms with van der Waals surface area (Å²) < 4.78 is 1.34. The molecule has 90 valence electrons. The predicted molar refractivity (Wildman–Crippen MR) is 83.6 cm³/mol. The molecule has 1 heterocycles. The van der Waals surface area contributed by atoms with Crippen molar-refractivity contribution in [2.75, 3.05) is 6.54 Å². The van der Waals surface area contributed by atoms with Crippen molar-refractivity contribution in [1.82, 2.24) is 5.32 Å². The van der Waals surface area contributed by atoms with Crippen LogP contribution in [-0.2, 0) is 6.42 Å². The van der Waals surface area contributed by atoms with E-state index < -0.39 is 0 Å². The first-order valence-electron chi connectivity index (χ1n) is 5.80. The zero-order valence-electron chi connectivity index (χ0n) is 9.82. The van der Waals surface area contributed by atoms with Gasteiger partial charge in [0.25, 0.3) is 0 Å². The molecule has 0 bridgehead atoms. The quantitative estimate of drug-likeness (QED) is 0.789. The van der Waals surface area contributed by atoms with E-state index in [1.165, 1.54) is 14.7 Å². The van der Waals surface area contributed by atoms with Crippen LogP contribution in [0.1, 0.15) is 24.1 Å². The molecule has 2 rings (SSSR count). The molecule has 17 heavy (non-hydrogen) atoms. The van der Waals surface area contributed by atoms with Gasteiger partial charge >= 0.3 is 0 Å². The van der Waals surface area contributed by atoms with Gasteiger partial charge in [-0.1, -0.05) is 25.1 Å². The minimum Gasteiger partial charge on any atom is -0.310 e. The maximum atomic E-state index is 3.58. The molecule has 3 heteroatoms. The molecular formula is C14H16INS. The second-order valence-electron chi connectivity index (χ2n) is 3.97. The molecule has 0 aliphatic rings. The maximum Gasteiger partial charge on any atom is 0.0371 e. The van der Waals surface area contributed by atoms with Gasteiger partial charge in [0, 0.05) is 9.61 Å². The molecule has 0 radical (unpaired) electrons. The van der Waals surface area contributed by atoms with E-state index >= 15 is 0 Å². The molecule has 1 unspecified atom stereocenters. The third-order valence-corrected chi connectivity index (χ3v) is 4.47. The van der Waals surface area contributed by atoms with Crippen molar-refractivity contribution in [1.29, 1.82) is 0 Å². The van der Waals surface area contributed by atoms with Crippen LogP contribution >= 0.6 is 33.9 Å². The van der Waals surface area contributed by atoms with Crippen LogP contribution in [0.25, 0.3) is 0 Å². The molecule has 0 saturated heterocycles. The van der Waals surface area contributed by atoms with Gasteiger partial charge in [-0.15, -0.1) is 0 Å². The second-order valence-corrected chi connectivity index (χ2v) is 5.91. The van der Waals surface area contributed by atoms with Gasteiger partial charge in [-0.05, 0) is 69.6 Å². The van der Waals surface area contributed by atoms with Crippen molar-refractivity contribution >= 4 is 33.9 Å². The molecule has 0 aliphatic carbocycles. The molecule has 1 aromatic carbocycles. The van der Waals surface area contributed by atoms with E-state index in [2.05, 4.69) is 75.9 Å². The van der Waals surface area contributed by atoms with Crippen LogP contribution in [0.2, 0.25) is 0 Å². The number of thiophene rings is 1. The fourth-order valence-electron chi connectivity index (χ4n) is 1.94. The van der Waals surface area contributed by atoms with Gasteiger partial charge in [-0.25, -0.2) is 0 Å². The lowest BCUT2D eigenvalue weighted by Crippen LogP contribution is -2.23. The SMILES string of the molecule is CCNC(Cc1ccsc1)c1ccccc1I. The molecule has 2 aromatic rings. The molecular weight excluding hydrogens is 341 g/mol. The van der Waals surface area contributed by atoms with Crippen LogP contribution in [-0.4, -0.2) is 6.54 Å². The number of nitrogens with one attached hydrogen (secondary N) is 1. The third kappa shape index (κ3) is 3.53. The van der Waals surface area contributed by atoms with Crippen molar-refractivity contribution in [2.24, 2.45) is 0 Å². The fraction of sp³-hybridized carbons (Fsp3) is 0.286. The van der Waals surface area contributed by atoms with Crippen LogP contribution in [0.5, 0.6) is 0 Å². The van der Waals surface area contributed by atoms with E-state index in [0.717, 1.165) is 13.0 Å². The highest BCUT2D eigenvalue weighted by molar-refractivity contribution is 14.1. The van der Waals surface area contributed by atoms with Gasteiger partial charge in [-0.2, -0.15) is 11.3 Å². The normalized spacial score (nSPS) is 12.6. The molecule has 0 amide bonds. The predicted octanol–water partition coefficient (Wildman–Crippen LogP) is 4.25. The van der Waals surface area contributed by atoms with Crippen molar-refractivity contribution < 1.29 is 0 Å². The Morgan fingerprint density at radius 2 is 2.12 bits per heavy atom. The Kier molecular flexibility index (Phi) is 5.00. The van der Waals surface area contributed by atoms with E-state index in [0.29, 0.717) is 6.04 Å². The average Bonchev–Trinajstić information content (AvgIpc) is 2.82. The highest BCUT2D eigenvalue weighted by atomic mass is 127. The Balaban J connectivity index is 2.20. The molecule has 1 N–H and O–H groups in total. The van der Waals surface area contributed by atoms with E-state index in [9.17, 15) is 0 Å². The summed E-state index contributed by atoms with van der Waals surface area (Å²) in [5.74, 6) is 0. The van der Waals surface area contributed by atoms with Gasteiger partial charge < -0.3 is 5.32 Å². The van der Waals surface area contributed by atoms with Gasteiger partial charge in [0.15, 0.2) is 0 Å². The van der Waals surface area contributed by atoms with E-state index in [4.69, 9.17) is 0 Å². The Morgan fingerprint density at radius 1 is 1.29 bits per heavy atom. The summed E-state index contributed by atoms with van der Waals surface area (Å²) in [4.78, 5) is 0. The van der Waals surface area contributed by atoms with Crippen LogP contribution in [0.4, 0.5) is 0 Å². The van der Waals surface area contributed by atoms with E-state index in [1.54, 1.807) is 11.3 Å². The first-order valence-corrected chi connectivity index (χ1v) is 7.82. The van der Waals surface area contributed by atoms with Crippen LogP contribution < -0.4 is 5.32 Å². The third-order valence-electron chi connectivity index (χ3n) is 2.75. The molecule has 0 fully saturated rings. The summed E-state index contributed by atoms with van der Waals surface area (Å²) in [6.45, 7) is 3.16. The lowest BCUT2D eigenvalue weighted by Gasteiger charge is -2.19. The van der Waals surface area contributed by atoms with Crippen molar-refractivity contribution in [2.45, 2.75) is 19.4 Å². The summed E-state index contributed by atoms with van der Waals surface area (Å²) in [5.41, 5.74) is 2.82. The van der Waals surface area contributed by atoms with Gasteiger partial charge in [-0.3, -0.25) is 0 Å². The minimum atomic E-state index is 0.419. The zero-order chi connectivity index (χ0) is 12.1. The summed E-state index contributed by atoms with van der Waals surface area (Å²) in [7, 11) is 0. The van der Waals surface area contributed by atoms with Gasteiger partial charge in [0.1, 0.15) is 0 Å². The number of hydrogen-bond donors (Lipinski definition) is 1. The molecule has 0 saturated carbocycles. The zero-order valence-corrected chi connectivity index (χ0v) is 12.8. The van der Waals surface area contributed by atoms with Crippen molar-refractivity contribution in [3.8, 4) is 0 Å². The van der Waals surface area contributed by atoms with Crippen molar-refractivity contribution in [3.63, 3.8) is 0 Å². The smallest absolute Gasteiger partial charge is 0.0371 e. The molecule has 0 spiro atoms. The number of hydrogen-bond acceptors (Lipinski definition) is 2. The Morgan fingerprint density at radius 3 is 2.76 bits per heavy atom. The summed E-state index contributed by atoms with van der Waals surface area (Å²) in [6, 6.07) is 11.2. The van der Waals surface area contributed by atoms with E-state index in [1.807, 2.05) is 0 Å². The average molecular weight is 357 g/mol. The number of halogens is 1. The summed E-state index contributed by atoms with van der Waals surface area (Å²) in [6.07, 6.45) is 1.07. The standard InChI is InChI=1S/C14H16INS/c1-2-16-14(9-11-7-8-17-10-11)12-5-3-4-6-13(12)15/h3-8,10,14,16H,2,9H2,1H3. The van der Waals surface area contributed by atoms with Crippen LogP contribution in [0.3, 0.4) is 0 Å². The Labute approximate surface area is 120 Å². The first kappa shape index (κ1) is 13.1. The Bertz CT molecular complexity index is 453. The highest BCUT2D eigenvalue weighted by Crippen LogP contribution is 2.24. The molecule has 0 aliphatic heterocycles. The van der Waals surface area contributed by atoms with Crippen LogP contribution in [0.15, 0.2) is 41.1 Å². The summed E-state index contributed by atoms with van der Waals surface area (Å²) in [5, 5.41) is 7.96. The minimum absolute atomic E-state index is 0.419. The highest BCUT2D eigenvalue weighted by Gasteiger charge is 2.13. The number of benzene rings is 1. The largest absolute Gasteiger partial charge is 0.310 e. The maximum absolute atomic E-state index is 3.58. The number of rotatable bonds is 5. The van der Waals surface area contributed by atoms with E-state index in [-0.39, 0.29) is 0 Å².